The van der Waals surface area contributed by atoms with Gasteiger partial charge in [0.05, 0.1) is 30.9 Å². The van der Waals surface area contributed by atoms with Gasteiger partial charge in [0.2, 0.25) is 17.7 Å². The highest BCUT2D eigenvalue weighted by Crippen LogP contribution is 2.50. The molecule has 3 aliphatic rings. The number of piperidine rings is 1. The topological polar surface area (TPSA) is 108 Å². The number of rotatable bonds is 4. The lowest BCUT2D eigenvalue weighted by Crippen LogP contribution is -2.65. The van der Waals surface area contributed by atoms with Crippen molar-refractivity contribution in [2.24, 2.45) is 11.8 Å². The van der Waals surface area contributed by atoms with E-state index in [2.05, 4.69) is 28.5 Å². The number of H-pyrrole nitrogens is 1. The molecule has 3 aromatic rings. The Kier molecular flexibility index (Phi) is 6.52. The molecule has 6 rings (SSSR count). The maximum atomic E-state index is 14.2. The molecule has 0 bridgehead atoms. The van der Waals surface area contributed by atoms with Gasteiger partial charge < -0.3 is 29.3 Å². The molecule has 2 N–H and O–H groups in total. The summed E-state index contributed by atoms with van der Waals surface area (Å²) in [5.41, 5.74) is 2.73. The van der Waals surface area contributed by atoms with Gasteiger partial charge in [0.1, 0.15) is 5.76 Å². The number of nitrogens with zero attached hydrogens (tertiary/aromatic N) is 2. The van der Waals surface area contributed by atoms with Crippen LogP contribution in [0.2, 0.25) is 0 Å². The van der Waals surface area contributed by atoms with Crippen LogP contribution in [0.25, 0.3) is 22.2 Å². The first-order chi connectivity index (χ1) is 19.1. The van der Waals surface area contributed by atoms with Crippen molar-refractivity contribution in [2.45, 2.75) is 58.0 Å². The summed E-state index contributed by atoms with van der Waals surface area (Å²) in [5, 5.41) is 4.09. The van der Waals surface area contributed by atoms with Crippen LogP contribution in [-0.2, 0) is 31.1 Å². The molecule has 0 radical (unpaired) electrons. The zero-order valence-electron chi connectivity index (χ0n) is 23.7. The van der Waals surface area contributed by atoms with E-state index in [1.165, 1.54) is 0 Å². The van der Waals surface area contributed by atoms with Crippen molar-refractivity contribution < 1.29 is 23.5 Å². The molecule has 40 heavy (non-hydrogen) atoms. The quantitative estimate of drug-likeness (QED) is 0.517. The van der Waals surface area contributed by atoms with E-state index in [0.29, 0.717) is 45.7 Å². The van der Waals surface area contributed by atoms with E-state index in [9.17, 15) is 14.4 Å². The van der Waals surface area contributed by atoms with Gasteiger partial charge >= 0.3 is 0 Å². The van der Waals surface area contributed by atoms with E-state index in [1.54, 1.807) is 6.26 Å². The standard InChI is InChI=1S/C31H38N4O5/c1-30(2,3)33-26(36)18-20-16-23(29(38)34-11-14-39-15-12-34)31(4)27-22(9-10-35(31)28(20)37)21-8-7-19(17-24(21)32-27)25-6-5-13-40-25/h5-8,13,17,20,23,32H,9-12,14-16,18H2,1-4H3,(H,33,36)/t20-,23-,31+/m1/s1. The van der Waals surface area contributed by atoms with Crippen LogP contribution in [0.1, 0.15) is 51.8 Å². The number of furan rings is 1. The van der Waals surface area contributed by atoms with Crippen LogP contribution in [0, 0.1) is 11.8 Å². The lowest BCUT2D eigenvalue weighted by molar-refractivity contribution is -0.166. The van der Waals surface area contributed by atoms with Gasteiger partial charge in [-0.15, -0.1) is 0 Å². The molecule has 2 fully saturated rings. The molecule has 3 amide bonds. The van der Waals surface area contributed by atoms with Gasteiger partial charge in [-0.1, -0.05) is 12.1 Å². The molecule has 0 unspecified atom stereocenters. The second-order valence-corrected chi connectivity index (χ2v) is 12.5. The van der Waals surface area contributed by atoms with Crippen LogP contribution in [-0.4, -0.2) is 70.9 Å². The van der Waals surface area contributed by atoms with E-state index in [4.69, 9.17) is 9.15 Å². The van der Waals surface area contributed by atoms with Gasteiger partial charge in [0.15, 0.2) is 0 Å². The summed E-state index contributed by atoms with van der Waals surface area (Å²) in [6.07, 6.45) is 2.73. The Morgan fingerprint density at radius 1 is 1.15 bits per heavy atom. The molecule has 9 heteroatoms. The van der Waals surface area contributed by atoms with E-state index in [0.717, 1.165) is 33.5 Å². The predicted molar refractivity (Wildman–Crippen MR) is 150 cm³/mol. The summed E-state index contributed by atoms with van der Waals surface area (Å²) in [4.78, 5) is 48.6. The number of amides is 3. The number of morpholine rings is 1. The molecule has 9 nitrogen and oxygen atoms in total. The van der Waals surface area contributed by atoms with Crippen molar-refractivity contribution in [3.05, 3.63) is 47.9 Å². The van der Waals surface area contributed by atoms with Crippen LogP contribution in [0.4, 0.5) is 0 Å². The number of nitrogens with one attached hydrogen (secondary N) is 2. The summed E-state index contributed by atoms with van der Waals surface area (Å²) < 4.78 is 11.1. The Morgan fingerprint density at radius 3 is 2.62 bits per heavy atom. The second-order valence-electron chi connectivity index (χ2n) is 12.5. The first-order valence-corrected chi connectivity index (χ1v) is 14.2. The maximum absolute atomic E-state index is 14.2. The number of carbonyl (C=O) groups is 3. The maximum Gasteiger partial charge on any atom is 0.228 e. The molecule has 1 aromatic carbocycles. The van der Waals surface area contributed by atoms with Crippen LogP contribution in [0.15, 0.2) is 41.0 Å². The summed E-state index contributed by atoms with van der Waals surface area (Å²) in [6.45, 7) is 10.4. The summed E-state index contributed by atoms with van der Waals surface area (Å²) >= 11 is 0. The van der Waals surface area contributed by atoms with Crippen molar-refractivity contribution in [3.8, 4) is 11.3 Å². The third-order valence-electron chi connectivity index (χ3n) is 8.75. The Balaban J connectivity index is 1.41. The summed E-state index contributed by atoms with van der Waals surface area (Å²) in [5.74, 6) is -0.465. The molecule has 0 aliphatic carbocycles. The lowest BCUT2D eigenvalue weighted by Gasteiger charge is -2.54. The predicted octanol–water partition coefficient (Wildman–Crippen LogP) is 3.83. The first kappa shape index (κ1) is 26.6. The van der Waals surface area contributed by atoms with E-state index in [-0.39, 0.29) is 24.1 Å². The average Bonchev–Trinajstić information content (AvgIpc) is 3.58. The zero-order chi connectivity index (χ0) is 28.2. The van der Waals surface area contributed by atoms with Gasteiger partial charge in [-0.2, -0.15) is 0 Å². The third-order valence-corrected chi connectivity index (χ3v) is 8.75. The minimum Gasteiger partial charge on any atom is -0.464 e. The number of aromatic nitrogens is 1. The van der Waals surface area contributed by atoms with E-state index < -0.39 is 22.9 Å². The largest absolute Gasteiger partial charge is 0.464 e. The lowest BCUT2D eigenvalue weighted by atomic mass is 9.67. The second kappa shape index (κ2) is 9.80. The minimum atomic E-state index is -0.860. The van der Waals surface area contributed by atoms with Gasteiger partial charge in [0.25, 0.3) is 0 Å². The van der Waals surface area contributed by atoms with Crippen LogP contribution in [0.5, 0.6) is 0 Å². The molecule has 5 heterocycles. The molecule has 0 spiro atoms. The van der Waals surface area contributed by atoms with Crippen LogP contribution in [0.3, 0.4) is 0 Å². The summed E-state index contributed by atoms with van der Waals surface area (Å²) in [6, 6.07) is 10.0. The fourth-order valence-electron chi connectivity index (χ4n) is 6.88. The zero-order valence-corrected chi connectivity index (χ0v) is 23.7. The molecule has 212 valence electrons. The average molecular weight is 547 g/mol. The highest BCUT2D eigenvalue weighted by atomic mass is 16.5. The van der Waals surface area contributed by atoms with Crippen LogP contribution < -0.4 is 5.32 Å². The fourth-order valence-corrected chi connectivity index (χ4v) is 6.88. The Labute approximate surface area is 234 Å². The van der Waals surface area contributed by atoms with Crippen molar-refractivity contribution in [3.63, 3.8) is 0 Å². The van der Waals surface area contributed by atoms with Crippen molar-refractivity contribution in [1.29, 1.82) is 0 Å². The number of hydrogen-bond acceptors (Lipinski definition) is 5. The van der Waals surface area contributed by atoms with Gasteiger partial charge in [0, 0.05) is 59.7 Å². The number of fused-ring (bicyclic) bond motifs is 5. The normalized spacial score (nSPS) is 25.1. The Bertz CT molecular complexity index is 1450. The molecular weight excluding hydrogens is 508 g/mol. The number of carbonyl (C=O) groups excluding carboxylic acids is 3. The number of hydrogen-bond donors (Lipinski definition) is 2. The molecule has 0 saturated carbocycles. The highest BCUT2D eigenvalue weighted by molar-refractivity contribution is 5.94. The molecule has 2 saturated heterocycles. The number of ether oxygens (including phenoxy) is 1. The smallest absolute Gasteiger partial charge is 0.228 e. The first-order valence-electron chi connectivity index (χ1n) is 14.2. The van der Waals surface area contributed by atoms with Gasteiger partial charge in [-0.3, -0.25) is 14.4 Å². The van der Waals surface area contributed by atoms with Crippen molar-refractivity contribution >= 4 is 28.6 Å². The Hall–Kier alpha value is -3.59. The molecule has 3 aliphatic heterocycles. The number of benzene rings is 1. The SMILES string of the molecule is CC(C)(C)NC(=O)C[C@H]1C[C@H](C(=O)N2CCOCC2)[C@@]2(C)c3[nH]c4cc(-c5ccco5)ccc4c3CCN2C1=O. The fraction of sp³-hybridized carbons (Fsp3) is 0.516. The highest BCUT2D eigenvalue weighted by Gasteiger charge is 2.57. The van der Waals surface area contributed by atoms with Crippen molar-refractivity contribution in [2.75, 3.05) is 32.8 Å². The third kappa shape index (κ3) is 4.50. The summed E-state index contributed by atoms with van der Waals surface area (Å²) in [7, 11) is 0. The van der Waals surface area contributed by atoms with Gasteiger partial charge in [-0.05, 0) is 64.3 Å². The van der Waals surface area contributed by atoms with E-state index in [1.807, 2.05) is 49.6 Å². The van der Waals surface area contributed by atoms with E-state index >= 15 is 0 Å². The number of aromatic amines is 1. The Morgan fingerprint density at radius 2 is 1.93 bits per heavy atom. The van der Waals surface area contributed by atoms with Crippen molar-refractivity contribution in [1.82, 2.24) is 20.1 Å². The van der Waals surface area contributed by atoms with Gasteiger partial charge in [-0.25, -0.2) is 0 Å². The minimum absolute atomic E-state index is 0.0207. The molecule has 2 aromatic heterocycles. The molecule has 3 atom stereocenters. The monoisotopic (exact) mass is 546 g/mol. The van der Waals surface area contributed by atoms with Crippen LogP contribution >= 0.6 is 0 Å². The molecular formula is C31H38N4O5.